The third-order valence-electron chi connectivity index (χ3n) is 2.42. The van der Waals surface area contributed by atoms with Crippen LogP contribution in [0.2, 0.25) is 0 Å². The molecule has 1 aromatic carbocycles. The maximum Gasteiger partial charge on any atom is 0.258 e. The second-order valence-corrected chi connectivity index (χ2v) is 4.15. The number of aromatic nitrogens is 1. The number of hydrogen-bond donors (Lipinski definition) is 0. The van der Waals surface area contributed by atoms with Gasteiger partial charge in [-0.25, -0.2) is 0 Å². The summed E-state index contributed by atoms with van der Waals surface area (Å²) in [5.41, 5.74) is 0.00621. The molecule has 1 aromatic heterocycles. The monoisotopic (exact) mass is 217 g/mol. The molecule has 0 aliphatic carbocycles. The van der Waals surface area contributed by atoms with E-state index < -0.39 is 0 Å². The van der Waals surface area contributed by atoms with Gasteiger partial charge in [0.2, 0.25) is 0 Å². The highest BCUT2D eigenvalue weighted by Gasteiger charge is 2.03. The fourth-order valence-corrected chi connectivity index (χ4v) is 1.66. The van der Waals surface area contributed by atoms with Crippen LogP contribution in [0, 0.1) is 0 Å². The number of hydrogen-bond acceptors (Lipinski definition) is 2. The normalized spacial score (nSPS) is 11.0. The van der Waals surface area contributed by atoms with E-state index in [1.54, 1.807) is 23.9 Å². The van der Waals surface area contributed by atoms with Gasteiger partial charge in [-0.05, 0) is 37.4 Å². The van der Waals surface area contributed by atoms with E-state index in [1.165, 1.54) is 0 Å². The Morgan fingerprint density at radius 1 is 1.25 bits per heavy atom. The fourth-order valence-electron chi connectivity index (χ4n) is 1.66. The topological polar surface area (TPSA) is 31.2 Å². The van der Waals surface area contributed by atoms with Crippen LogP contribution in [0.3, 0.4) is 0 Å². The molecule has 3 nitrogen and oxygen atoms in total. The molecule has 3 heteroatoms. The molecule has 1 heterocycles. The maximum atomic E-state index is 11.9. The molecule has 84 valence electrons. The summed E-state index contributed by atoms with van der Waals surface area (Å²) in [6.45, 7) is 3.93. The smallest absolute Gasteiger partial charge is 0.258 e. The molecule has 0 aliphatic heterocycles. The summed E-state index contributed by atoms with van der Waals surface area (Å²) in [7, 11) is 1.75. The van der Waals surface area contributed by atoms with Gasteiger partial charge in [-0.3, -0.25) is 4.79 Å². The van der Waals surface area contributed by atoms with E-state index in [0.717, 1.165) is 11.1 Å². The molecule has 16 heavy (non-hydrogen) atoms. The van der Waals surface area contributed by atoms with Crippen LogP contribution in [0.25, 0.3) is 10.8 Å². The summed E-state index contributed by atoms with van der Waals surface area (Å²) in [5.74, 6) is 0.741. The zero-order valence-electron chi connectivity index (χ0n) is 9.73. The Bertz CT molecular complexity index is 570. The quantitative estimate of drug-likeness (QED) is 0.773. The Labute approximate surface area is 94.3 Å². The highest BCUT2D eigenvalue weighted by molar-refractivity contribution is 5.82. The minimum atomic E-state index is 0.00621. The largest absolute Gasteiger partial charge is 0.491 e. The lowest BCUT2D eigenvalue weighted by Gasteiger charge is -2.10. The first-order valence-corrected chi connectivity index (χ1v) is 5.34. The SMILES string of the molecule is CC(C)Oc1ccc2ccn(C)c(=O)c2c1. The van der Waals surface area contributed by atoms with E-state index in [0.29, 0.717) is 5.39 Å². The van der Waals surface area contributed by atoms with Crippen molar-refractivity contribution >= 4 is 10.8 Å². The van der Waals surface area contributed by atoms with Gasteiger partial charge in [-0.2, -0.15) is 0 Å². The second-order valence-electron chi connectivity index (χ2n) is 4.15. The summed E-state index contributed by atoms with van der Waals surface area (Å²) >= 11 is 0. The number of rotatable bonds is 2. The van der Waals surface area contributed by atoms with Crippen LogP contribution in [0.4, 0.5) is 0 Å². The number of aryl methyl sites for hydroxylation is 1. The summed E-state index contributed by atoms with van der Waals surface area (Å²) in [4.78, 5) is 11.9. The average molecular weight is 217 g/mol. The Morgan fingerprint density at radius 3 is 2.69 bits per heavy atom. The number of ether oxygens (including phenoxy) is 1. The molecule has 0 saturated carbocycles. The summed E-state index contributed by atoms with van der Waals surface area (Å²) in [6, 6.07) is 7.53. The van der Waals surface area contributed by atoms with Crippen molar-refractivity contribution in [3.63, 3.8) is 0 Å². The molecule has 2 aromatic rings. The van der Waals surface area contributed by atoms with E-state index in [2.05, 4.69) is 0 Å². The van der Waals surface area contributed by atoms with Crippen molar-refractivity contribution in [2.45, 2.75) is 20.0 Å². The first-order valence-electron chi connectivity index (χ1n) is 5.34. The van der Waals surface area contributed by atoms with Crippen LogP contribution in [0.15, 0.2) is 35.3 Å². The fraction of sp³-hybridized carbons (Fsp3) is 0.308. The zero-order chi connectivity index (χ0) is 11.7. The first kappa shape index (κ1) is 10.7. The minimum Gasteiger partial charge on any atom is -0.491 e. The maximum absolute atomic E-state index is 11.9. The predicted octanol–water partition coefficient (Wildman–Crippen LogP) is 2.33. The number of benzene rings is 1. The van der Waals surface area contributed by atoms with Crippen molar-refractivity contribution in [1.82, 2.24) is 4.57 Å². The lowest BCUT2D eigenvalue weighted by molar-refractivity contribution is 0.243. The Kier molecular flexibility index (Phi) is 2.69. The van der Waals surface area contributed by atoms with Gasteiger partial charge in [0.15, 0.2) is 0 Å². The van der Waals surface area contributed by atoms with Crippen LogP contribution in [-0.2, 0) is 7.05 Å². The van der Waals surface area contributed by atoms with E-state index in [9.17, 15) is 4.79 Å². The minimum absolute atomic E-state index is 0.00621. The number of fused-ring (bicyclic) bond motifs is 1. The number of nitrogens with zero attached hydrogens (tertiary/aromatic N) is 1. The molecule has 2 rings (SSSR count). The van der Waals surface area contributed by atoms with Gasteiger partial charge in [0.1, 0.15) is 5.75 Å². The van der Waals surface area contributed by atoms with Crippen LogP contribution in [0.1, 0.15) is 13.8 Å². The van der Waals surface area contributed by atoms with E-state index in [4.69, 9.17) is 4.74 Å². The third-order valence-corrected chi connectivity index (χ3v) is 2.42. The molecular formula is C13H15NO2. The van der Waals surface area contributed by atoms with Crippen LogP contribution < -0.4 is 10.3 Å². The van der Waals surface area contributed by atoms with Crippen molar-refractivity contribution < 1.29 is 4.74 Å². The van der Waals surface area contributed by atoms with Crippen LogP contribution in [0.5, 0.6) is 5.75 Å². The summed E-state index contributed by atoms with van der Waals surface area (Å²) in [6.07, 6.45) is 1.89. The summed E-state index contributed by atoms with van der Waals surface area (Å²) < 4.78 is 7.14. The molecule has 0 radical (unpaired) electrons. The van der Waals surface area contributed by atoms with Crippen molar-refractivity contribution in [1.29, 1.82) is 0 Å². The van der Waals surface area contributed by atoms with Crippen LogP contribution >= 0.6 is 0 Å². The van der Waals surface area contributed by atoms with Crippen molar-refractivity contribution in [3.05, 3.63) is 40.8 Å². The van der Waals surface area contributed by atoms with Crippen molar-refractivity contribution in [3.8, 4) is 5.75 Å². The standard InChI is InChI=1S/C13H15NO2/c1-9(2)16-11-5-4-10-6-7-14(3)13(15)12(10)8-11/h4-9H,1-3H3. The highest BCUT2D eigenvalue weighted by atomic mass is 16.5. The average Bonchev–Trinajstić information content (AvgIpc) is 2.23. The molecule has 0 atom stereocenters. The molecule has 0 spiro atoms. The van der Waals surface area contributed by atoms with Gasteiger partial charge in [-0.15, -0.1) is 0 Å². The van der Waals surface area contributed by atoms with Crippen molar-refractivity contribution in [2.75, 3.05) is 0 Å². The van der Waals surface area contributed by atoms with Gasteiger partial charge in [0.05, 0.1) is 11.5 Å². The van der Waals surface area contributed by atoms with Gasteiger partial charge < -0.3 is 9.30 Å². The summed E-state index contributed by atoms with van der Waals surface area (Å²) in [5, 5.41) is 1.64. The van der Waals surface area contributed by atoms with E-state index in [1.807, 2.05) is 32.0 Å². The van der Waals surface area contributed by atoms with Gasteiger partial charge in [-0.1, -0.05) is 6.07 Å². The van der Waals surface area contributed by atoms with Crippen LogP contribution in [-0.4, -0.2) is 10.7 Å². The molecule has 0 N–H and O–H groups in total. The third kappa shape index (κ3) is 1.94. The van der Waals surface area contributed by atoms with Crippen molar-refractivity contribution in [2.24, 2.45) is 7.05 Å². The Balaban J connectivity index is 2.60. The van der Waals surface area contributed by atoms with Gasteiger partial charge in [0, 0.05) is 13.2 Å². The van der Waals surface area contributed by atoms with Gasteiger partial charge >= 0.3 is 0 Å². The molecule has 0 amide bonds. The first-order chi connectivity index (χ1) is 7.58. The molecule has 0 saturated heterocycles. The molecular weight excluding hydrogens is 202 g/mol. The molecule has 0 bridgehead atoms. The lowest BCUT2D eigenvalue weighted by atomic mass is 10.1. The lowest BCUT2D eigenvalue weighted by Crippen LogP contribution is -2.15. The second kappa shape index (κ2) is 4.00. The van der Waals surface area contributed by atoms with Gasteiger partial charge in [0.25, 0.3) is 5.56 Å². The molecule has 0 unspecified atom stereocenters. The molecule has 0 aliphatic rings. The van der Waals surface area contributed by atoms with E-state index in [-0.39, 0.29) is 11.7 Å². The molecule has 0 fully saturated rings. The van der Waals surface area contributed by atoms with E-state index >= 15 is 0 Å². The Hall–Kier alpha value is -1.77. The highest BCUT2D eigenvalue weighted by Crippen LogP contribution is 2.18. The predicted molar refractivity (Wildman–Crippen MR) is 65.0 cm³/mol. The Morgan fingerprint density at radius 2 is 2.00 bits per heavy atom. The zero-order valence-corrected chi connectivity index (χ0v) is 9.73. The number of pyridine rings is 1.